The highest BCUT2D eigenvalue weighted by atomic mass is 16.7. The zero-order valence-electron chi connectivity index (χ0n) is 12.7. The van der Waals surface area contributed by atoms with Crippen LogP contribution >= 0.6 is 0 Å². The highest BCUT2D eigenvalue weighted by Crippen LogP contribution is 2.24. The normalized spacial score (nSPS) is 16.0. The van der Waals surface area contributed by atoms with Crippen LogP contribution in [0.1, 0.15) is 34.6 Å². The molecule has 0 aliphatic carbocycles. The molecule has 0 spiro atoms. The summed E-state index contributed by atoms with van der Waals surface area (Å²) < 4.78 is 9.77. The summed E-state index contributed by atoms with van der Waals surface area (Å²) in [5.74, 6) is -5.88. The standard InChI is InChI=1S/C15H13NO8/c1-15(2)23-13(21)9(14(22)24-15)6-16-10-5-7(11(17)18)3-4-8(10)12(19)20/h3-6,16H,1-2H3,(H,17,18)(H,19,20). The molecule has 0 radical (unpaired) electrons. The molecule has 0 saturated carbocycles. The Morgan fingerprint density at radius 3 is 2.17 bits per heavy atom. The molecule has 1 aliphatic rings. The molecule has 1 saturated heterocycles. The quantitative estimate of drug-likeness (QED) is 0.421. The third kappa shape index (κ3) is 3.51. The molecule has 1 aromatic rings. The van der Waals surface area contributed by atoms with Crippen molar-refractivity contribution in [1.29, 1.82) is 0 Å². The first-order valence-corrected chi connectivity index (χ1v) is 6.65. The van der Waals surface area contributed by atoms with Crippen LogP contribution in [-0.2, 0) is 19.1 Å². The molecule has 0 unspecified atom stereocenters. The second-order valence-corrected chi connectivity index (χ2v) is 5.25. The summed E-state index contributed by atoms with van der Waals surface area (Å²) >= 11 is 0. The number of hydrogen-bond acceptors (Lipinski definition) is 7. The molecular weight excluding hydrogens is 322 g/mol. The first kappa shape index (κ1) is 17.0. The van der Waals surface area contributed by atoms with Crippen LogP contribution in [-0.4, -0.2) is 39.9 Å². The van der Waals surface area contributed by atoms with Crippen LogP contribution in [0, 0.1) is 0 Å². The van der Waals surface area contributed by atoms with Crippen molar-refractivity contribution in [3.8, 4) is 0 Å². The molecule has 1 fully saturated rings. The zero-order chi connectivity index (χ0) is 18.1. The minimum atomic E-state index is -1.40. The average molecular weight is 335 g/mol. The van der Waals surface area contributed by atoms with Crippen LogP contribution in [0.25, 0.3) is 0 Å². The summed E-state index contributed by atoms with van der Waals surface area (Å²) in [4.78, 5) is 45.7. The van der Waals surface area contributed by atoms with Crippen LogP contribution in [0.2, 0.25) is 0 Å². The number of carbonyl (C=O) groups excluding carboxylic acids is 2. The molecule has 1 aliphatic heterocycles. The fraction of sp³-hybridized carbons (Fsp3) is 0.200. The Morgan fingerprint density at radius 1 is 1.08 bits per heavy atom. The van der Waals surface area contributed by atoms with E-state index in [0.717, 1.165) is 24.4 Å². The van der Waals surface area contributed by atoms with Gasteiger partial charge in [0.15, 0.2) is 5.57 Å². The van der Waals surface area contributed by atoms with E-state index in [1.807, 2.05) is 0 Å². The van der Waals surface area contributed by atoms with E-state index in [4.69, 9.17) is 19.7 Å². The van der Waals surface area contributed by atoms with Crippen molar-refractivity contribution in [3.05, 3.63) is 41.1 Å². The molecule has 9 heteroatoms. The van der Waals surface area contributed by atoms with Crippen LogP contribution in [0.3, 0.4) is 0 Å². The first-order chi connectivity index (χ1) is 11.1. The third-order valence-electron chi connectivity index (χ3n) is 2.99. The zero-order valence-corrected chi connectivity index (χ0v) is 12.7. The van der Waals surface area contributed by atoms with Gasteiger partial charge in [-0.05, 0) is 18.2 Å². The maximum atomic E-state index is 11.8. The number of hydrogen-bond donors (Lipinski definition) is 3. The molecule has 1 heterocycles. The van der Waals surface area contributed by atoms with E-state index in [1.54, 1.807) is 0 Å². The smallest absolute Gasteiger partial charge is 0.350 e. The van der Waals surface area contributed by atoms with Gasteiger partial charge in [-0.25, -0.2) is 19.2 Å². The second kappa shape index (κ2) is 6.03. The van der Waals surface area contributed by atoms with Gasteiger partial charge in [0.1, 0.15) is 0 Å². The Bertz CT molecular complexity index is 756. The molecule has 0 aromatic heterocycles. The molecule has 9 nitrogen and oxygen atoms in total. The predicted octanol–water partition coefficient (Wildman–Crippen LogP) is 1.21. The Balaban J connectivity index is 2.35. The number of carboxylic acid groups (broad SMARTS) is 2. The fourth-order valence-corrected chi connectivity index (χ4v) is 1.91. The third-order valence-corrected chi connectivity index (χ3v) is 2.99. The van der Waals surface area contributed by atoms with Gasteiger partial charge in [0, 0.05) is 20.0 Å². The van der Waals surface area contributed by atoms with Crippen molar-refractivity contribution < 1.29 is 38.9 Å². The van der Waals surface area contributed by atoms with Crippen molar-refractivity contribution in [3.63, 3.8) is 0 Å². The van der Waals surface area contributed by atoms with Gasteiger partial charge in [-0.15, -0.1) is 0 Å². The summed E-state index contributed by atoms with van der Waals surface area (Å²) in [6, 6.07) is 3.27. The van der Waals surface area contributed by atoms with Crippen LogP contribution in [0.5, 0.6) is 0 Å². The lowest BCUT2D eigenvalue weighted by Crippen LogP contribution is -2.42. The van der Waals surface area contributed by atoms with Crippen molar-refractivity contribution in [1.82, 2.24) is 0 Å². The summed E-state index contributed by atoms with van der Waals surface area (Å²) in [7, 11) is 0. The second-order valence-electron chi connectivity index (χ2n) is 5.25. The minimum absolute atomic E-state index is 0.111. The van der Waals surface area contributed by atoms with Crippen molar-refractivity contribution >= 4 is 29.6 Å². The number of esters is 2. The number of ether oxygens (including phenoxy) is 2. The molecule has 0 bridgehead atoms. The largest absolute Gasteiger partial charge is 0.478 e. The first-order valence-electron chi connectivity index (χ1n) is 6.65. The van der Waals surface area contributed by atoms with E-state index < -0.39 is 35.2 Å². The molecule has 2 rings (SSSR count). The predicted molar refractivity (Wildman–Crippen MR) is 78.3 cm³/mol. The number of carbonyl (C=O) groups is 4. The molecule has 24 heavy (non-hydrogen) atoms. The number of rotatable bonds is 4. The van der Waals surface area contributed by atoms with E-state index >= 15 is 0 Å². The van der Waals surface area contributed by atoms with Crippen LogP contribution < -0.4 is 5.32 Å². The van der Waals surface area contributed by atoms with Gasteiger partial charge in [0.2, 0.25) is 0 Å². The van der Waals surface area contributed by atoms with Gasteiger partial charge in [-0.2, -0.15) is 0 Å². The Labute approximate surface area is 135 Å². The van der Waals surface area contributed by atoms with Crippen molar-refractivity contribution in [2.24, 2.45) is 0 Å². The average Bonchev–Trinajstić information content (AvgIpc) is 2.44. The van der Waals surface area contributed by atoms with E-state index in [0.29, 0.717) is 0 Å². The topological polar surface area (TPSA) is 139 Å². The monoisotopic (exact) mass is 335 g/mol. The van der Waals surface area contributed by atoms with Gasteiger partial charge >= 0.3 is 23.9 Å². The molecule has 126 valence electrons. The summed E-state index contributed by atoms with van der Waals surface area (Å²) in [5.41, 5.74) is -1.00. The maximum absolute atomic E-state index is 11.8. The van der Waals surface area contributed by atoms with Gasteiger partial charge in [0.05, 0.1) is 16.8 Å². The number of aromatic carboxylic acids is 2. The van der Waals surface area contributed by atoms with Gasteiger partial charge in [-0.1, -0.05) is 0 Å². The van der Waals surface area contributed by atoms with E-state index in [-0.39, 0.29) is 16.8 Å². The van der Waals surface area contributed by atoms with Crippen LogP contribution in [0.4, 0.5) is 5.69 Å². The number of carboxylic acids is 2. The minimum Gasteiger partial charge on any atom is -0.478 e. The highest BCUT2D eigenvalue weighted by molar-refractivity contribution is 6.15. The highest BCUT2D eigenvalue weighted by Gasteiger charge is 2.39. The van der Waals surface area contributed by atoms with Crippen LogP contribution in [0.15, 0.2) is 30.0 Å². The van der Waals surface area contributed by atoms with Crippen molar-refractivity contribution in [2.45, 2.75) is 19.6 Å². The van der Waals surface area contributed by atoms with Gasteiger partial charge in [-0.3, -0.25) is 0 Å². The number of nitrogens with one attached hydrogen (secondary N) is 1. The van der Waals surface area contributed by atoms with Gasteiger partial charge < -0.3 is 25.0 Å². The molecular formula is C15H13NO8. The van der Waals surface area contributed by atoms with E-state index in [2.05, 4.69) is 5.32 Å². The molecule has 1 aromatic carbocycles. The molecule has 0 amide bonds. The summed E-state index contributed by atoms with van der Waals surface area (Å²) in [6.45, 7) is 2.76. The fourth-order valence-electron chi connectivity index (χ4n) is 1.91. The lowest BCUT2D eigenvalue weighted by Gasteiger charge is -2.29. The summed E-state index contributed by atoms with van der Waals surface area (Å²) in [5, 5.41) is 20.5. The number of benzene rings is 1. The van der Waals surface area contributed by atoms with E-state index in [9.17, 15) is 19.2 Å². The molecule has 3 N–H and O–H groups in total. The van der Waals surface area contributed by atoms with Gasteiger partial charge in [0.25, 0.3) is 5.79 Å². The maximum Gasteiger partial charge on any atom is 0.350 e. The Hall–Kier alpha value is -3.36. The number of anilines is 1. The Kier molecular flexibility index (Phi) is 4.27. The lowest BCUT2D eigenvalue weighted by molar-refractivity contribution is -0.222. The molecule has 0 atom stereocenters. The van der Waals surface area contributed by atoms with E-state index in [1.165, 1.54) is 13.8 Å². The Morgan fingerprint density at radius 2 is 1.67 bits per heavy atom. The summed E-state index contributed by atoms with van der Waals surface area (Å²) in [6.07, 6.45) is 0.910. The number of cyclic esters (lactones) is 2. The van der Waals surface area contributed by atoms with Crippen molar-refractivity contribution in [2.75, 3.05) is 5.32 Å². The lowest BCUT2D eigenvalue weighted by atomic mass is 10.1. The SMILES string of the molecule is CC1(C)OC(=O)C(=CNc2cc(C(=O)O)ccc2C(=O)O)C(=O)O1.